The van der Waals surface area contributed by atoms with Gasteiger partial charge in [0.15, 0.2) is 0 Å². The topological polar surface area (TPSA) is 62.0 Å². The zero-order valence-electron chi connectivity index (χ0n) is 13.2. The Hall–Kier alpha value is -1.70. The fourth-order valence-corrected chi connectivity index (χ4v) is 5.15. The summed E-state index contributed by atoms with van der Waals surface area (Å²) in [6.07, 6.45) is 2.44. The van der Waals surface area contributed by atoms with Crippen LogP contribution >= 0.6 is 15.9 Å². The minimum absolute atomic E-state index is 0.319. The van der Waals surface area contributed by atoms with Crippen molar-refractivity contribution in [2.24, 2.45) is 0 Å². The first-order valence-corrected chi connectivity index (χ1v) is 10.3. The molecule has 0 saturated heterocycles. The number of nitrogens with one attached hydrogen (secondary N) is 2. The third-order valence-corrected chi connectivity index (χ3v) is 6.59. The van der Waals surface area contributed by atoms with E-state index < -0.39 is 15.8 Å². The maximum atomic E-state index is 13.9. The molecule has 1 aromatic heterocycles. The summed E-state index contributed by atoms with van der Waals surface area (Å²) >= 11 is 3.48. The molecule has 0 radical (unpaired) electrons. The molecule has 25 heavy (non-hydrogen) atoms. The highest BCUT2D eigenvalue weighted by molar-refractivity contribution is 9.10. The fraction of sp³-hybridized carbons (Fsp3) is 0.222. The molecule has 0 saturated carbocycles. The molecular formula is C18H16BrFN2O2S. The molecule has 0 spiro atoms. The van der Waals surface area contributed by atoms with E-state index in [-0.39, 0.29) is 10.9 Å². The molecule has 2 aromatic carbocycles. The lowest BCUT2D eigenvalue weighted by atomic mass is 9.92. The van der Waals surface area contributed by atoms with Crippen LogP contribution in [0.5, 0.6) is 0 Å². The quantitative estimate of drug-likeness (QED) is 0.655. The van der Waals surface area contributed by atoms with Gasteiger partial charge in [0.25, 0.3) is 0 Å². The molecule has 1 atom stereocenters. The first-order chi connectivity index (χ1) is 12.0. The minimum Gasteiger partial charge on any atom is -0.357 e. The van der Waals surface area contributed by atoms with Gasteiger partial charge in [-0.1, -0.05) is 28.1 Å². The Labute approximate surface area is 153 Å². The highest BCUT2D eigenvalue weighted by atomic mass is 79.9. The van der Waals surface area contributed by atoms with Crippen LogP contribution in [0.3, 0.4) is 0 Å². The number of aryl methyl sites for hydroxylation is 1. The number of hydrogen-bond donors (Lipinski definition) is 2. The first kappa shape index (κ1) is 16.8. The van der Waals surface area contributed by atoms with E-state index in [9.17, 15) is 12.8 Å². The largest absolute Gasteiger partial charge is 0.357 e. The smallest absolute Gasteiger partial charge is 0.244 e. The number of rotatable bonds is 3. The maximum absolute atomic E-state index is 13.9. The van der Waals surface area contributed by atoms with Gasteiger partial charge >= 0.3 is 0 Å². The lowest BCUT2D eigenvalue weighted by Gasteiger charge is -2.23. The summed E-state index contributed by atoms with van der Waals surface area (Å²) in [5.41, 5.74) is 2.98. The second kappa shape index (κ2) is 6.23. The number of hydrogen-bond acceptors (Lipinski definition) is 2. The van der Waals surface area contributed by atoms with E-state index in [0.29, 0.717) is 6.42 Å². The molecule has 4 rings (SSSR count). The first-order valence-electron chi connectivity index (χ1n) is 8.02. The lowest BCUT2D eigenvalue weighted by Crippen LogP contribution is -2.31. The van der Waals surface area contributed by atoms with Crippen molar-refractivity contribution in [3.05, 3.63) is 64.0 Å². The third-order valence-electron chi connectivity index (χ3n) is 4.59. The van der Waals surface area contributed by atoms with Gasteiger partial charge in [0, 0.05) is 21.1 Å². The SMILES string of the molecule is O=S(=O)(NC1CCCc2c1[nH]c1ccc(Br)cc21)c1ccccc1F. The standard InChI is InChI=1S/C18H16BrFN2O2S/c19-11-8-9-15-13(10-11)12-4-3-6-16(18(12)21-15)22-25(23,24)17-7-2-1-5-14(17)20/h1-2,5,7-10,16,21-22H,3-4,6H2. The van der Waals surface area contributed by atoms with Gasteiger partial charge in [0.1, 0.15) is 10.7 Å². The molecule has 130 valence electrons. The average molecular weight is 423 g/mol. The highest BCUT2D eigenvalue weighted by Gasteiger charge is 2.29. The number of sulfonamides is 1. The van der Waals surface area contributed by atoms with E-state index in [1.807, 2.05) is 18.2 Å². The van der Waals surface area contributed by atoms with Crippen LogP contribution in [0.4, 0.5) is 4.39 Å². The van der Waals surface area contributed by atoms with E-state index in [1.54, 1.807) is 0 Å². The van der Waals surface area contributed by atoms with Gasteiger partial charge in [-0.25, -0.2) is 17.5 Å². The molecule has 0 bridgehead atoms. The summed E-state index contributed by atoms with van der Waals surface area (Å²) in [6, 6.07) is 11.0. The fourth-order valence-electron chi connectivity index (χ4n) is 3.47. The summed E-state index contributed by atoms with van der Waals surface area (Å²) in [5, 5.41) is 1.10. The van der Waals surface area contributed by atoms with Crippen molar-refractivity contribution in [2.45, 2.75) is 30.2 Å². The van der Waals surface area contributed by atoms with Crippen molar-refractivity contribution in [1.82, 2.24) is 9.71 Å². The van der Waals surface area contributed by atoms with E-state index in [4.69, 9.17) is 0 Å². The summed E-state index contributed by atoms with van der Waals surface area (Å²) < 4.78 is 42.8. The zero-order chi connectivity index (χ0) is 17.6. The number of fused-ring (bicyclic) bond motifs is 3. The van der Waals surface area contributed by atoms with Crippen molar-refractivity contribution in [1.29, 1.82) is 0 Å². The highest BCUT2D eigenvalue weighted by Crippen LogP contribution is 2.36. The number of H-pyrrole nitrogens is 1. The van der Waals surface area contributed by atoms with E-state index in [2.05, 4.69) is 25.6 Å². The van der Waals surface area contributed by atoms with Crippen LogP contribution in [0.1, 0.15) is 30.1 Å². The lowest BCUT2D eigenvalue weighted by molar-refractivity contribution is 0.496. The number of benzene rings is 2. The average Bonchev–Trinajstić information content (AvgIpc) is 2.94. The molecule has 4 nitrogen and oxygen atoms in total. The predicted octanol–water partition coefficient (Wildman–Crippen LogP) is 4.43. The van der Waals surface area contributed by atoms with Gasteiger partial charge in [0.2, 0.25) is 10.0 Å². The minimum atomic E-state index is -3.93. The molecule has 1 unspecified atom stereocenters. The van der Waals surface area contributed by atoms with Gasteiger partial charge in [-0.2, -0.15) is 0 Å². The van der Waals surface area contributed by atoms with Crippen LogP contribution in [0, 0.1) is 5.82 Å². The van der Waals surface area contributed by atoms with Gasteiger partial charge in [-0.05, 0) is 55.2 Å². The Kier molecular flexibility index (Phi) is 4.17. The van der Waals surface area contributed by atoms with Gasteiger partial charge < -0.3 is 4.98 Å². The Morgan fingerprint density at radius 2 is 2.00 bits per heavy atom. The monoisotopic (exact) mass is 422 g/mol. The maximum Gasteiger partial charge on any atom is 0.244 e. The van der Waals surface area contributed by atoms with Crippen LogP contribution in [0.25, 0.3) is 10.9 Å². The van der Waals surface area contributed by atoms with E-state index in [0.717, 1.165) is 45.5 Å². The molecule has 0 amide bonds. The molecule has 3 aromatic rings. The van der Waals surface area contributed by atoms with Crippen LogP contribution in [0.2, 0.25) is 0 Å². The summed E-state index contributed by atoms with van der Waals surface area (Å²) in [4.78, 5) is 3.02. The summed E-state index contributed by atoms with van der Waals surface area (Å²) in [5.74, 6) is -0.744. The molecule has 0 fully saturated rings. The second-order valence-electron chi connectivity index (χ2n) is 6.20. The Bertz CT molecular complexity index is 1060. The third kappa shape index (κ3) is 3.01. The molecule has 1 aliphatic rings. The van der Waals surface area contributed by atoms with Gasteiger partial charge in [-0.15, -0.1) is 0 Å². The van der Waals surface area contributed by atoms with Crippen LogP contribution in [0.15, 0.2) is 51.8 Å². The summed E-state index contributed by atoms with van der Waals surface area (Å²) in [7, 11) is -3.93. The Balaban J connectivity index is 1.74. The van der Waals surface area contributed by atoms with Crippen molar-refractivity contribution in [3.63, 3.8) is 0 Å². The Morgan fingerprint density at radius 3 is 2.80 bits per heavy atom. The molecule has 0 aliphatic heterocycles. The number of aromatic amines is 1. The second-order valence-corrected chi connectivity index (χ2v) is 8.80. The van der Waals surface area contributed by atoms with Crippen LogP contribution in [-0.4, -0.2) is 13.4 Å². The zero-order valence-corrected chi connectivity index (χ0v) is 15.6. The molecule has 7 heteroatoms. The van der Waals surface area contributed by atoms with Gasteiger partial charge in [0.05, 0.1) is 6.04 Å². The Morgan fingerprint density at radius 1 is 1.20 bits per heavy atom. The molecule has 1 heterocycles. The van der Waals surface area contributed by atoms with E-state index >= 15 is 0 Å². The van der Waals surface area contributed by atoms with Crippen molar-refractivity contribution < 1.29 is 12.8 Å². The van der Waals surface area contributed by atoms with Crippen molar-refractivity contribution in [3.8, 4) is 0 Å². The molecule has 1 aliphatic carbocycles. The summed E-state index contributed by atoms with van der Waals surface area (Å²) in [6.45, 7) is 0. The van der Waals surface area contributed by atoms with E-state index in [1.165, 1.54) is 18.2 Å². The van der Waals surface area contributed by atoms with Crippen LogP contribution < -0.4 is 4.72 Å². The number of halogens is 2. The van der Waals surface area contributed by atoms with Gasteiger partial charge in [-0.3, -0.25) is 0 Å². The predicted molar refractivity (Wildman–Crippen MR) is 98.4 cm³/mol. The molecular weight excluding hydrogens is 407 g/mol. The normalized spacial score (nSPS) is 17.6. The van der Waals surface area contributed by atoms with Crippen LogP contribution in [-0.2, 0) is 16.4 Å². The van der Waals surface area contributed by atoms with Crippen molar-refractivity contribution >= 4 is 36.9 Å². The number of aromatic nitrogens is 1. The molecule has 2 N–H and O–H groups in total. The van der Waals surface area contributed by atoms with Crippen molar-refractivity contribution in [2.75, 3.05) is 0 Å².